The summed E-state index contributed by atoms with van der Waals surface area (Å²) in [5.41, 5.74) is 1.69. The minimum absolute atomic E-state index is 0.0304. The number of nitrogens with one attached hydrogen (secondary N) is 1. The predicted octanol–water partition coefficient (Wildman–Crippen LogP) is 0.212. The molecule has 0 fully saturated rings. The lowest BCUT2D eigenvalue weighted by Gasteiger charge is -2.17. The van der Waals surface area contributed by atoms with Crippen LogP contribution in [0, 0.1) is 0 Å². The maximum absolute atomic E-state index is 12.2. The van der Waals surface area contributed by atoms with Gasteiger partial charge in [0.1, 0.15) is 9.84 Å². The highest BCUT2D eigenvalue weighted by molar-refractivity contribution is 7.90. The molecule has 0 unspecified atom stereocenters. The zero-order valence-electron chi connectivity index (χ0n) is 12.5. The van der Waals surface area contributed by atoms with Crippen LogP contribution in [0.2, 0.25) is 0 Å². The zero-order chi connectivity index (χ0) is 16.1. The molecule has 0 amide bonds. The Kier molecular flexibility index (Phi) is 6.33. The molecule has 0 aliphatic rings. The van der Waals surface area contributed by atoms with Crippen molar-refractivity contribution in [3.05, 3.63) is 35.4 Å². The number of hydrogen-bond donors (Lipinski definition) is 1. The first-order valence-electron chi connectivity index (χ1n) is 6.48. The number of nitrogens with zero attached hydrogens (tertiary/aromatic N) is 1. The third-order valence-corrected chi connectivity index (χ3v) is 5.73. The van der Waals surface area contributed by atoms with Crippen LogP contribution in [0.1, 0.15) is 11.1 Å². The summed E-state index contributed by atoms with van der Waals surface area (Å²) in [4.78, 5) is 0. The molecular weight excluding hydrogens is 312 g/mol. The van der Waals surface area contributed by atoms with Crippen molar-refractivity contribution in [2.75, 3.05) is 32.6 Å². The fourth-order valence-electron chi connectivity index (χ4n) is 1.79. The van der Waals surface area contributed by atoms with Crippen LogP contribution in [-0.4, -0.2) is 53.8 Å². The van der Waals surface area contributed by atoms with Crippen LogP contribution in [0.3, 0.4) is 0 Å². The van der Waals surface area contributed by atoms with E-state index in [0.29, 0.717) is 12.1 Å². The molecule has 120 valence electrons. The van der Waals surface area contributed by atoms with Gasteiger partial charge in [0.05, 0.1) is 11.5 Å². The maximum atomic E-state index is 12.2. The molecular formula is C13H22N2O4S2. The van der Waals surface area contributed by atoms with Crippen molar-refractivity contribution in [3.8, 4) is 0 Å². The molecule has 0 aliphatic carbocycles. The first-order chi connectivity index (χ1) is 9.64. The van der Waals surface area contributed by atoms with Gasteiger partial charge in [-0.25, -0.2) is 21.1 Å². The monoisotopic (exact) mass is 334 g/mol. The minimum Gasteiger partial charge on any atom is -0.316 e. The summed E-state index contributed by atoms with van der Waals surface area (Å²) < 4.78 is 47.7. The fraction of sp³-hybridized carbons (Fsp3) is 0.538. The summed E-state index contributed by atoms with van der Waals surface area (Å²) >= 11 is 0. The largest absolute Gasteiger partial charge is 0.316 e. The lowest BCUT2D eigenvalue weighted by Crippen LogP contribution is -2.32. The Balaban J connectivity index is 2.77. The van der Waals surface area contributed by atoms with Gasteiger partial charge in [-0.2, -0.15) is 0 Å². The van der Waals surface area contributed by atoms with Crippen LogP contribution >= 0.6 is 0 Å². The van der Waals surface area contributed by atoms with E-state index < -0.39 is 19.9 Å². The van der Waals surface area contributed by atoms with Gasteiger partial charge in [0, 0.05) is 26.4 Å². The van der Waals surface area contributed by atoms with E-state index in [2.05, 4.69) is 5.32 Å². The first kappa shape index (κ1) is 18.1. The summed E-state index contributed by atoms with van der Waals surface area (Å²) in [5.74, 6) is -0.312. The second-order valence-corrected chi connectivity index (χ2v) is 9.39. The second-order valence-electron chi connectivity index (χ2n) is 5.06. The molecule has 0 heterocycles. The van der Waals surface area contributed by atoms with Gasteiger partial charge < -0.3 is 5.32 Å². The molecule has 6 nitrogen and oxygen atoms in total. The highest BCUT2D eigenvalue weighted by atomic mass is 32.2. The quantitative estimate of drug-likeness (QED) is 0.735. The molecule has 0 spiro atoms. The van der Waals surface area contributed by atoms with Gasteiger partial charge in [0.2, 0.25) is 10.0 Å². The van der Waals surface area contributed by atoms with Crippen LogP contribution in [0.4, 0.5) is 0 Å². The van der Waals surface area contributed by atoms with Gasteiger partial charge in [0.25, 0.3) is 0 Å². The standard InChI is InChI=1S/C13H22N2O4S2/c1-14-10-12-5-4-6-13(9-12)11-21(18,19)15(2)7-8-20(3,16)17/h4-6,9,14H,7-8,10-11H2,1-3H3. The van der Waals surface area contributed by atoms with Crippen LogP contribution < -0.4 is 5.32 Å². The Morgan fingerprint density at radius 3 is 2.33 bits per heavy atom. The molecule has 0 aromatic heterocycles. The molecule has 0 saturated heterocycles. The average molecular weight is 334 g/mol. The van der Waals surface area contributed by atoms with E-state index in [-0.39, 0.29) is 18.1 Å². The van der Waals surface area contributed by atoms with Gasteiger partial charge in [-0.15, -0.1) is 0 Å². The van der Waals surface area contributed by atoms with E-state index >= 15 is 0 Å². The first-order valence-corrected chi connectivity index (χ1v) is 10.1. The van der Waals surface area contributed by atoms with E-state index in [9.17, 15) is 16.8 Å². The van der Waals surface area contributed by atoms with Crippen molar-refractivity contribution in [2.24, 2.45) is 0 Å². The summed E-state index contributed by atoms with van der Waals surface area (Å²) in [7, 11) is -3.48. The molecule has 1 aromatic rings. The van der Waals surface area contributed by atoms with Crippen LogP contribution in [0.5, 0.6) is 0 Å². The second kappa shape index (κ2) is 7.35. The van der Waals surface area contributed by atoms with Crippen LogP contribution in [0.25, 0.3) is 0 Å². The third kappa shape index (κ3) is 6.56. The molecule has 21 heavy (non-hydrogen) atoms. The summed E-state index contributed by atoms with van der Waals surface area (Å²) in [6.07, 6.45) is 1.09. The number of hydrogen-bond acceptors (Lipinski definition) is 5. The van der Waals surface area contributed by atoms with Crippen LogP contribution in [-0.2, 0) is 32.2 Å². The highest BCUT2D eigenvalue weighted by Gasteiger charge is 2.19. The average Bonchev–Trinajstić information content (AvgIpc) is 2.35. The van der Waals surface area contributed by atoms with E-state index in [4.69, 9.17) is 0 Å². The number of sulfonamides is 1. The van der Waals surface area contributed by atoms with Crippen LogP contribution in [0.15, 0.2) is 24.3 Å². The molecule has 8 heteroatoms. The zero-order valence-corrected chi connectivity index (χ0v) is 14.2. The van der Waals surface area contributed by atoms with Gasteiger partial charge in [-0.1, -0.05) is 24.3 Å². The van der Waals surface area contributed by atoms with E-state index in [1.807, 2.05) is 25.2 Å². The third-order valence-electron chi connectivity index (χ3n) is 2.97. The Hall–Kier alpha value is -0.960. The van der Waals surface area contributed by atoms with Crippen molar-refractivity contribution in [3.63, 3.8) is 0 Å². The van der Waals surface area contributed by atoms with Crippen molar-refractivity contribution in [1.82, 2.24) is 9.62 Å². The van der Waals surface area contributed by atoms with Gasteiger partial charge in [-0.3, -0.25) is 0 Å². The fourth-order valence-corrected chi connectivity index (χ4v) is 3.70. The number of rotatable bonds is 8. The normalized spacial score (nSPS) is 12.8. The molecule has 0 radical (unpaired) electrons. The van der Waals surface area contributed by atoms with Crippen molar-refractivity contribution in [1.29, 1.82) is 0 Å². The Morgan fingerprint density at radius 2 is 1.76 bits per heavy atom. The Morgan fingerprint density at radius 1 is 1.14 bits per heavy atom. The number of benzene rings is 1. The summed E-state index contributed by atoms with van der Waals surface area (Å²) in [6.45, 7) is 0.634. The molecule has 1 aromatic carbocycles. The molecule has 1 rings (SSSR count). The maximum Gasteiger partial charge on any atom is 0.218 e. The number of sulfone groups is 1. The lowest BCUT2D eigenvalue weighted by atomic mass is 10.1. The summed E-state index contributed by atoms with van der Waals surface area (Å²) in [6, 6.07) is 7.31. The summed E-state index contributed by atoms with van der Waals surface area (Å²) in [5, 5.41) is 3.01. The molecule has 0 atom stereocenters. The lowest BCUT2D eigenvalue weighted by molar-refractivity contribution is 0.484. The topological polar surface area (TPSA) is 83.6 Å². The van der Waals surface area contributed by atoms with Gasteiger partial charge in [0.15, 0.2) is 0 Å². The van der Waals surface area contributed by atoms with E-state index in [0.717, 1.165) is 16.1 Å². The smallest absolute Gasteiger partial charge is 0.218 e. The van der Waals surface area contributed by atoms with Gasteiger partial charge >= 0.3 is 0 Å². The molecule has 1 N–H and O–H groups in total. The van der Waals surface area contributed by atoms with Crippen molar-refractivity contribution in [2.45, 2.75) is 12.3 Å². The SMILES string of the molecule is CNCc1cccc(CS(=O)(=O)N(C)CCS(C)(=O)=O)c1. The van der Waals surface area contributed by atoms with Gasteiger partial charge in [-0.05, 0) is 18.2 Å². The van der Waals surface area contributed by atoms with Crippen molar-refractivity contribution < 1.29 is 16.8 Å². The molecule has 0 saturated carbocycles. The highest BCUT2D eigenvalue weighted by Crippen LogP contribution is 2.12. The Bertz CT molecular complexity index is 669. The van der Waals surface area contributed by atoms with Crippen molar-refractivity contribution >= 4 is 19.9 Å². The Labute approximate surface area is 127 Å². The predicted molar refractivity (Wildman–Crippen MR) is 84.2 cm³/mol. The van der Waals surface area contributed by atoms with E-state index in [1.165, 1.54) is 7.05 Å². The minimum atomic E-state index is -3.52. The molecule has 0 bridgehead atoms. The van der Waals surface area contributed by atoms with E-state index in [1.54, 1.807) is 6.07 Å². The molecule has 0 aliphatic heterocycles.